The smallest absolute Gasteiger partial charge is 0.324 e. The van der Waals surface area contributed by atoms with Crippen LogP contribution in [0.1, 0.15) is 12.1 Å². The van der Waals surface area contributed by atoms with E-state index in [0.717, 1.165) is 12.1 Å². The van der Waals surface area contributed by atoms with Gasteiger partial charge in [-0.2, -0.15) is 0 Å². The molecule has 1 aromatic heterocycles. The molecule has 0 aliphatic heterocycles. The number of amides is 2. The summed E-state index contributed by atoms with van der Waals surface area (Å²) in [5.74, 6) is -0.261. The fourth-order valence-electron chi connectivity index (χ4n) is 1.55. The van der Waals surface area contributed by atoms with Crippen LogP contribution in [-0.2, 0) is 6.42 Å². The second-order valence-corrected chi connectivity index (χ2v) is 3.94. The molecule has 6 nitrogen and oxygen atoms in total. The Bertz CT molecular complexity index is 432. The van der Waals surface area contributed by atoms with Crippen LogP contribution in [0.15, 0.2) is 37.1 Å². The van der Waals surface area contributed by atoms with Gasteiger partial charge in [0.2, 0.25) is 0 Å². The van der Waals surface area contributed by atoms with Crippen molar-refractivity contribution in [1.82, 2.24) is 15.2 Å². The molecule has 1 rings (SSSR count). The minimum Gasteiger partial charge on any atom is -0.370 e. The van der Waals surface area contributed by atoms with Crippen LogP contribution in [0.2, 0.25) is 0 Å². The molecule has 0 radical (unpaired) electrons. The number of carbonyl (C=O) groups is 1. The minimum absolute atomic E-state index is 0.261. The molecule has 0 fully saturated rings. The molecule has 0 saturated carbocycles. The highest BCUT2D eigenvalue weighted by molar-refractivity contribution is 5.93. The van der Waals surface area contributed by atoms with Gasteiger partial charge in [-0.15, -0.1) is 6.58 Å². The molecule has 1 heterocycles. The molecule has 4 N–H and O–H groups in total. The summed E-state index contributed by atoms with van der Waals surface area (Å²) in [6.45, 7) is 4.25. The normalized spacial score (nSPS) is 9.68. The molecule has 0 aliphatic rings. The van der Waals surface area contributed by atoms with Gasteiger partial charge in [0.25, 0.3) is 0 Å². The lowest BCUT2D eigenvalue weighted by molar-refractivity contribution is 0.220. The molecule has 0 aromatic carbocycles. The van der Waals surface area contributed by atoms with E-state index in [1.54, 1.807) is 12.3 Å². The van der Waals surface area contributed by atoms with Gasteiger partial charge in [-0.1, -0.05) is 12.1 Å². The number of nitrogens with one attached hydrogen (secondary N) is 2. The van der Waals surface area contributed by atoms with Crippen molar-refractivity contribution >= 4 is 12.0 Å². The number of hydrogen-bond acceptors (Lipinski definition) is 3. The molecular weight excluding hydrogens is 242 g/mol. The Hall–Kier alpha value is -2.37. The van der Waals surface area contributed by atoms with E-state index >= 15 is 0 Å². The highest BCUT2D eigenvalue weighted by Gasteiger charge is 2.14. The molecule has 0 saturated heterocycles. The van der Waals surface area contributed by atoms with E-state index in [1.807, 2.05) is 18.2 Å². The molecule has 2 amide bonds. The summed E-state index contributed by atoms with van der Waals surface area (Å²) in [7, 11) is 0. The Balaban J connectivity index is 2.44. The number of rotatable bonds is 6. The van der Waals surface area contributed by atoms with Crippen LogP contribution in [0.5, 0.6) is 0 Å². The molecule has 19 heavy (non-hydrogen) atoms. The third-order valence-corrected chi connectivity index (χ3v) is 2.47. The van der Waals surface area contributed by atoms with Crippen molar-refractivity contribution in [3.05, 3.63) is 42.7 Å². The Morgan fingerprint density at radius 2 is 2.37 bits per heavy atom. The number of nitrogens with two attached hydrogens (primary N) is 1. The van der Waals surface area contributed by atoms with E-state index in [9.17, 15) is 4.79 Å². The highest BCUT2D eigenvalue weighted by Crippen LogP contribution is 2.00. The lowest BCUT2D eigenvalue weighted by Gasteiger charge is -2.20. The molecule has 0 unspecified atom stereocenters. The van der Waals surface area contributed by atoms with E-state index < -0.39 is 0 Å². The summed E-state index contributed by atoms with van der Waals surface area (Å²) in [6.07, 6.45) is 4.73. The van der Waals surface area contributed by atoms with Crippen molar-refractivity contribution < 1.29 is 4.79 Å². The number of urea groups is 1. The largest absolute Gasteiger partial charge is 0.370 e. The van der Waals surface area contributed by atoms with Gasteiger partial charge in [0.1, 0.15) is 0 Å². The topological polar surface area (TPSA) is 95.1 Å². The minimum atomic E-state index is -0.381. The summed E-state index contributed by atoms with van der Waals surface area (Å²) < 4.78 is 0. The number of guanidine groups is 1. The second-order valence-electron chi connectivity index (χ2n) is 3.94. The Morgan fingerprint density at radius 1 is 1.58 bits per heavy atom. The third-order valence-electron chi connectivity index (χ3n) is 2.47. The zero-order chi connectivity index (χ0) is 14.1. The molecular formula is C13H19N5O. The Labute approximate surface area is 112 Å². The van der Waals surface area contributed by atoms with Crippen LogP contribution in [0.4, 0.5) is 4.79 Å². The van der Waals surface area contributed by atoms with Crippen LogP contribution in [-0.4, -0.2) is 35.0 Å². The number of nitrogens with zero attached hydrogens (tertiary/aromatic N) is 2. The third kappa shape index (κ3) is 5.20. The van der Waals surface area contributed by atoms with Gasteiger partial charge in [-0.3, -0.25) is 15.3 Å². The zero-order valence-corrected chi connectivity index (χ0v) is 10.8. The van der Waals surface area contributed by atoms with Crippen LogP contribution < -0.4 is 11.1 Å². The predicted molar refractivity (Wildman–Crippen MR) is 74.8 cm³/mol. The highest BCUT2D eigenvalue weighted by atomic mass is 16.2. The first-order valence-corrected chi connectivity index (χ1v) is 6.05. The summed E-state index contributed by atoms with van der Waals surface area (Å²) >= 11 is 0. The van der Waals surface area contributed by atoms with Crippen LogP contribution in [0.25, 0.3) is 0 Å². The fourth-order valence-corrected chi connectivity index (χ4v) is 1.55. The maximum Gasteiger partial charge on any atom is 0.324 e. The number of hydrogen-bond donors (Lipinski definition) is 3. The summed E-state index contributed by atoms with van der Waals surface area (Å²) in [4.78, 5) is 17.1. The van der Waals surface area contributed by atoms with E-state index in [4.69, 9.17) is 11.1 Å². The van der Waals surface area contributed by atoms with Crippen molar-refractivity contribution in [3.8, 4) is 0 Å². The first-order valence-electron chi connectivity index (χ1n) is 6.05. The Kier molecular flexibility index (Phi) is 6.08. The van der Waals surface area contributed by atoms with E-state index in [1.165, 1.54) is 4.90 Å². The van der Waals surface area contributed by atoms with Gasteiger partial charge < -0.3 is 11.1 Å². The van der Waals surface area contributed by atoms with Crippen molar-refractivity contribution in [1.29, 1.82) is 5.41 Å². The predicted octanol–water partition coefficient (Wildman–Crippen LogP) is 1.11. The van der Waals surface area contributed by atoms with Crippen molar-refractivity contribution in [3.63, 3.8) is 0 Å². The van der Waals surface area contributed by atoms with Crippen LogP contribution in [0, 0.1) is 5.41 Å². The Morgan fingerprint density at radius 3 is 2.95 bits per heavy atom. The molecule has 102 valence electrons. The number of aryl methyl sites for hydroxylation is 1. The van der Waals surface area contributed by atoms with Crippen molar-refractivity contribution in [2.45, 2.75) is 12.8 Å². The van der Waals surface area contributed by atoms with E-state index in [-0.39, 0.29) is 12.0 Å². The average Bonchev–Trinajstić information content (AvgIpc) is 2.41. The molecule has 6 heteroatoms. The molecule has 1 aromatic rings. The summed E-state index contributed by atoms with van der Waals surface area (Å²) in [5.41, 5.74) is 6.35. The maximum absolute atomic E-state index is 11.7. The van der Waals surface area contributed by atoms with Crippen molar-refractivity contribution in [2.75, 3.05) is 13.1 Å². The second kappa shape index (κ2) is 7.86. The summed E-state index contributed by atoms with van der Waals surface area (Å²) in [6, 6.07) is 5.32. The van der Waals surface area contributed by atoms with Crippen molar-refractivity contribution in [2.24, 2.45) is 5.73 Å². The van der Waals surface area contributed by atoms with Gasteiger partial charge in [-0.05, 0) is 25.0 Å². The fraction of sp³-hybridized carbons (Fsp3) is 0.308. The maximum atomic E-state index is 11.7. The number of pyridine rings is 1. The molecule has 0 spiro atoms. The van der Waals surface area contributed by atoms with E-state index in [2.05, 4.69) is 16.9 Å². The monoisotopic (exact) mass is 261 g/mol. The molecule has 0 atom stereocenters. The van der Waals surface area contributed by atoms with E-state index in [0.29, 0.717) is 19.5 Å². The SMILES string of the molecule is C=CCNC(=O)N(CCCc1ccccn1)C(=N)N. The lowest BCUT2D eigenvalue weighted by Crippen LogP contribution is -2.47. The zero-order valence-electron chi connectivity index (χ0n) is 10.8. The lowest BCUT2D eigenvalue weighted by atomic mass is 10.2. The van der Waals surface area contributed by atoms with Gasteiger partial charge in [0, 0.05) is 25.0 Å². The van der Waals surface area contributed by atoms with Gasteiger partial charge >= 0.3 is 6.03 Å². The van der Waals surface area contributed by atoms with Gasteiger partial charge in [0.15, 0.2) is 5.96 Å². The molecule has 0 aliphatic carbocycles. The number of carbonyl (C=O) groups excluding carboxylic acids is 1. The number of aromatic nitrogens is 1. The van der Waals surface area contributed by atoms with Gasteiger partial charge in [-0.25, -0.2) is 4.79 Å². The van der Waals surface area contributed by atoms with Crippen LogP contribution in [0.3, 0.4) is 0 Å². The van der Waals surface area contributed by atoms with Crippen LogP contribution >= 0.6 is 0 Å². The summed E-state index contributed by atoms with van der Waals surface area (Å²) in [5, 5.41) is 10.00. The average molecular weight is 261 g/mol. The standard InChI is InChI=1S/C13H19N5O/c1-2-8-17-13(19)18(12(14)15)10-5-7-11-6-3-4-9-16-11/h2-4,6,9H,1,5,7-8,10H2,(H3,14,15)(H,17,19). The van der Waals surface area contributed by atoms with Gasteiger partial charge in [0.05, 0.1) is 0 Å². The first kappa shape index (κ1) is 14.7. The quantitative estimate of drug-likeness (QED) is 0.406. The first-order chi connectivity index (χ1) is 9.15. The molecule has 0 bridgehead atoms.